The van der Waals surface area contributed by atoms with Crippen LogP contribution in [0, 0.1) is 6.92 Å². The van der Waals surface area contributed by atoms with E-state index in [2.05, 4.69) is 20.2 Å². The Balaban J connectivity index is 1.91. The number of benzene rings is 1. The van der Waals surface area contributed by atoms with Crippen molar-refractivity contribution in [3.05, 3.63) is 40.5 Å². The van der Waals surface area contributed by atoms with Gasteiger partial charge in [-0.3, -0.25) is 0 Å². The number of anilines is 3. The fourth-order valence-corrected chi connectivity index (χ4v) is 3.22. The van der Waals surface area contributed by atoms with Crippen molar-refractivity contribution in [3.8, 4) is 0 Å². The molecule has 1 aliphatic heterocycles. The zero-order valence-electron chi connectivity index (χ0n) is 14.4. The molecule has 1 aliphatic rings. The first kappa shape index (κ1) is 18.8. The van der Waals surface area contributed by atoms with E-state index in [-0.39, 0.29) is 16.7 Å². The Kier molecular flexibility index (Phi) is 5.55. The highest BCUT2D eigenvalue weighted by molar-refractivity contribution is 6.30. The Bertz CT molecular complexity index is 772. The van der Waals surface area contributed by atoms with Crippen molar-refractivity contribution in [1.29, 1.82) is 0 Å². The molecule has 0 amide bonds. The van der Waals surface area contributed by atoms with Crippen LogP contribution in [0.15, 0.2) is 24.3 Å². The molecule has 26 heavy (non-hydrogen) atoms. The third-order valence-corrected chi connectivity index (χ3v) is 4.54. The van der Waals surface area contributed by atoms with Crippen molar-refractivity contribution < 1.29 is 13.2 Å². The van der Waals surface area contributed by atoms with Crippen LogP contribution in [0.1, 0.15) is 36.9 Å². The standard InChI is InChI=1S/C18H20ClF3N4/c1-12-10-16(26-8-4-2-3-5-9-26)25-17(23-12)24-15-7-6-13(19)11-14(15)18(20,21)22/h6-7,10-11H,2-5,8-9H2,1H3,(H,23,24,25). The lowest BCUT2D eigenvalue weighted by Gasteiger charge is -2.22. The second-order valence-electron chi connectivity index (χ2n) is 6.41. The van der Waals surface area contributed by atoms with Crippen molar-refractivity contribution in [3.63, 3.8) is 0 Å². The summed E-state index contributed by atoms with van der Waals surface area (Å²) in [5.41, 5.74) is -0.259. The third kappa shape index (κ3) is 4.58. The molecular weight excluding hydrogens is 365 g/mol. The maximum Gasteiger partial charge on any atom is 0.418 e. The largest absolute Gasteiger partial charge is 0.418 e. The van der Waals surface area contributed by atoms with E-state index in [0.29, 0.717) is 5.69 Å². The van der Waals surface area contributed by atoms with E-state index in [9.17, 15) is 13.2 Å². The van der Waals surface area contributed by atoms with Crippen molar-refractivity contribution in [1.82, 2.24) is 9.97 Å². The number of alkyl halides is 3. The van der Waals surface area contributed by atoms with Gasteiger partial charge in [0, 0.05) is 29.9 Å². The quantitative estimate of drug-likeness (QED) is 0.749. The fraction of sp³-hybridized carbons (Fsp3) is 0.444. The van der Waals surface area contributed by atoms with Crippen molar-refractivity contribution in [2.75, 3.05) is 23.3 Å². The Morgan fingerprint density at radius 3 is 2.38 bits per heavy atom. The lowest BCUT2D eigenvalue weighted by atomic mass is 10.1. The second kappa shape index (κ2) is 7.70. The Morgan fingerprint density at radius 2 is 1.73 bits per heavy atom. The molecule has 1 N–H and O–H groups in total. The van der Waals surface area contributed by atoms with Gasteiger partial charge >= 0.3 is 6.18 Å². The first-order valence-electron chi connectivity index (χ1n) is 8.57. The average Bonchev–Trinajstić information content (AvgIpc) is 2.84. The van der Waals surface area contributed by atoms with Crippen LogP contribution in [0.3, 0.4) is 0 Å². The summed E-state index contributed by atoms with van der Waals surface area (Å²) in [6, 6.07) is 5.46. The zero-order chi connectivity index (χ0) is 18.7. The summed E-state index contributed by atoms with van der Waals surface area (Å²) in [6.07, 6.45) is 0.0178. The van der Waals surface area contributed by atoms with Gasteiger partial charge in [0.2, 0.25) is 5.95 Å². The van der Waals surface area contributed by atoms with Gasteiger partial charge in [-0.15, -0.1) is 0 Å². The van der Waals surface area contributed by atoms with Crippen LogP contribution in [0.2, 0.25) is 5.02 Å². The van der Waals surface area contributed by atoms with Crippen molar-refractivity contribution >= 4 is 29.1 Å². The van der Waals surface area contributed by atoms with E-state index < -0.39 is 11.7 Å². The molecule has 0 spiro atoms. The number of aromatic nitrogens is 2. The number of hydrogen-bond donors (Lipinski definition) is 1. The van der Waals surface area contributed by atoms with Crippen LogP contribution in [0.4, 0.5) is 30.6 Å². The molecule has 1 aromatic heterocycles. The lowest BCUT2D eigenvalue weighted by molar-refractivity contribution is -0.136. The molecule has 0 bridgehead atoms. The first-order valence-corrected chi connectivity index (χ1v) is 8.95. The SMILES string of the molecule is Cc1cc(N2CCCCCC2)nc(Nc2ccc(Cl)cc2C(F)(F)F)n1. The summed E-state index contributed by atoms with van der Waals surface area (Å²) in [5.74, 6) is 0.890. The van der Waals surface area contributed by atoms with Crippen LogP contribution in [-0.2, 0) is 6.18 Å². The predicted octanol–water partition coefficient (Wildman–Crippen LogP) is 5.58. The lowest BCUT2D eigenvalue weighted by Crippen LogP contribution is -2.25. The average molecular weight is 385 g/mol. The molecule has 2 aromatic rings. The van der Waals surface area contributed by atoms with Gasteiger partial charge in [0.15, 0.2) is 0 Å². The van der Waals surface area contributed by atoms with Crippen LogP contribution >= 0.6 is 11.6 Å². The molecular formula is C18H20ClF3N4. The van der Waals surface area contributed by atoms with Crippen LogP contribution in [-0.4, -0.2) is 23.1 Å². The highest BCUT2D eigenvalue weighted by Gasteiger charge is 2.34. The second-order valence-corrected chi connectivity index (χ2v) is 6.84. The Hall–Kier alpha value is -2.02. The molecule has 4 nitrogen and oxygen atoms in total. The highest BCUT2D eigenvalue weighted by atomic mass is 35.5. The van der Waals surface area contributed by atoms with E-state index in [1.807, 2.05) is 6.07 Å². The summed E-state index contributed by atoms with van der Waals surface area (Å²) in [5, 5.41) is 2.74. The number of rotatable bonds is 3. The summed E-state index contributed by atoms with van der Waals surface area (Å²) in [4.78, 5) is 10.9. The van der Waals surface area contributed by atoms with E-state index in [0.717, 1.165) is 37.8 Å². The predicted molar refractivity (Wildman–Crippen MR) is 97.2 cm³/mol. The number of nitrogens with one attached hydrogen (secondary N) is 1. The minimum absolute atomic E-state index is 0.0262. The summed E-state index contributed by atoms with van der Waals surface area (Å²) < 4.78 is 39.8. The summed E-state index contributed by atoms with van der Waals surface area (Å²) >= 11 is 5.73. The summed E-state index contributed by atoms with van der Waals surface area (Å²) in [7, 11) is 0. The smallest absolute Gasteiger partial charge is 0.356 e. The molecule has 0 saturated carbocycles. The van der Waals surface area contributed by atoms with Crippen molar-refractivity contribution in [2.45, 2.75) is 38.8 Å². The number of nitrogens with zero attached hydrogens (tertiary/aromatic N) is 3. The van der Waals surface area contributed by atoms with Gasteiger partial charge in [-0.25, -0.2) is 4.98 Å². The Morgan fingerprint density at radius 1 is 1.04 bits per heavy atom. The van der Waals surface area contributed by atoms with Crippen molar-refractivity contribution in [2.24, 2.45) is 0 Å². The van der Waals surface area contributed by atoms with Crippen LogP contribution in [0.25, 0.3) is 0 Å². The van der Waals surface area contributed by atoms with Gasteiger partial charge in [0.25, 0.3) is 0 Å². The molecule has 0 radical (unpaired) electrons. The maximum atomic E-state index is 13.3. The highest BCUT2D eigenvalue weighted by Crippen LogP contribution is 2.37. The molecule has 3 rings (SSSR count). The number of aryl methyl sites for hydroxylation is 1. The molecule has 1 fully saturated rings. The maximum absolute atomic E-state index is 13.3. The van der Waals surface area contributed by atoms with Crippen LogP contribution < -0.4 is 10.2 Å². The Labute approximate surface area is 155 Å². The van der Waals surface area contributed by atoms with Gasteiger partial charge in [-0.2, -0.15) is 18.2 Å². The minimum Gasteiger partial charge on any atom is -0.356 e. The molecule has 8 heteroatoms. The molecule has 2 heterocycles. The normalized spacial score (nSPS) is 15.7. The van der Waals surface area contributed by atoms with Crippen LogP contribution in [0.5, 0.6) is 0 Å². The monoisotopic (exact) mass is 384 g/mol. The molecule has 1 saturated heterocycles. The van der Waals surface area contributed by atoms with E-state index >= 15 is 0 Å². The molecule has 1 aromatic carbocycles. The van der Waals surface area contributed by atoms with Gasteiger partial charge < -0.3 is 10.2 Å². The topological polar surface area (TPSA) is 41.1 Å². The minimum atomic E-state index is -4.52. The van der Waals surface area contributed by atoms with Gasteiger partial charge in [0.05, 0.1) is 11.3 Å². The van der Waals surface area contributed by atoms with Gasteiger partial charge in [-0.05, 0) is 38.0 Å². The van der Waals surface area contributed by atoms with Gasteiger partial charge in [0.1, 0.15) is 5.82 Å². The van der Waals surface area contributed by atoms with E-state index in [1.54, 1.807) is 6.92 Å². The van der Waals surface area contributed by atoms with E-state index in [1.165, 1.54) is 25.0 Å². The third-order valence-electron chi connectivity index (χ3n) is 4.30. The molecule has 140 valence electrons. The number of halogens is 4. The zero-order valence-corrected chi connectivity index (χ0v) is 15.2. The number of hydrogen-bond acceptors (Lipinski definition) is 4. The summed E-state index contributed by atoms with van der Waals surface area (Å²) in [6.45, 7) is 3.59. The molecule has 0 atom stereocenters. The van der Waals surface area contributed by atoms with Gasteiger partial charge in [-0.1, -0.05) is 24.4 Å². The first-order chi connectivity index (χ1) is 12.3. The fourth-order valence-electron chi connectivity index (χ4n) is 3.05. The molecule has 0 aliphatic carbocycles. The molecule has 0 unspecified atom stereocenters. The van der Waals surface area contributed by atoms with E-state index in [4.69, 9.17) is 11.6 Å².